The number of nitrogens with zero attached hydrogens (tertiary/aromatic N) is 3. The van der Waals surface area contributed by atoms with E-state index in [0.29, 0.717) is 5.56 Å². The molecule has 136 valence electrons. The molecule has 0 aliphatic carbocycles. The standard InChI is InChI=1S/C21H19N3O2S/c1-21(2,20(25)26)27-19-10-11-23-13-18(19)24(3)17-9-8-14(12-22)15-6-4-5-7-16(15)17/h4-11,13H,1-3H3,(H,25,26). The number of benzene rings is 2. The molecule has 2 aromatic carbocycles. The average Bonchev–Trinajstić information content (AvgIpc) is 2.66. The zero-order valence-electron chi connectivity index (χ0n) is 15.3. The number of aromatic nitrogens is 1. The van der Waals surface area contributed by atoms with Gasteiger partial charge in [0, 0.05) is 34.6 Å². The Balaban J connectivity index is 2.11. The van der Waals surface area contributed by atoms with E-state index in [1.165, 1.54) is 11.8 Å². The predicted molar refractivity (Wildman–Crippen MR) is 109 cm³/mol. The summed E-state index contributed by atoms with van der Waals surface area (Å²) >= 11 is 1.28. The minimum Gasteiger partial charge on any atom is -0.480 e. The van der Waals surface area contributed by atoms with E-state index >= 15 is 0 Å². The number of aliphatic carboxylic acids is 1. The highest BCUT2D eigenvalue weighted by Gasteiger charge is 2.30. The zero-order valence-corrected chi connectivity index (χ0v) is 16.1. The smallest absolute Gasteiger partial charge is 0.319 e. The molecule has 0 saturated heterocycles. The Kier molecular flexibility index (Phi) is 5.06. The highest BCUT2D eigenvalue weighted by Crippen LogP contribution is 2.41. The molecule has 3 aromatic rings. The zero-order chi connectivity index (χ0) is 19.6. The van der Waals surface area contributed by atoms with Gasteiger partial charge in [0.05, 0.1) is 23.5 Å². The van der Waals surface area contributed by atoms with E-state index in [9.17, 15) is 15.2 Å². The predicted octanol–water partition coefficient (Wildman–Crippen LogP) is 4.83. The second-order valence-electron chi connectivity index (χ2n) is 6.61. The molecule has 0 bridgehead atoms. The lowest BCUT2D eigenvalue weighted by atomic mass is 10.0. The molecule has 1 N–H and O–H groups in total. The maximum absolute atomic E-state index is 11.5. The van der Waals surface area contributed by atoms with Gasteiger partial charge in [0.1, 0.15) is 4.75 Å². The van der Waals surface area contributed by atoms with Crippen molar-refractivity contribution in [1.82, 2.24) is 4.98 Å². The highest BCUT2D eigenvalue weighted by molar-refractivity contribution is 8.01. The summed E-state index contributed by atoms with van der Waals surface area (Å²) in [5.74, 6) is -0.873. The van der Waals surface area contributed by atoms with Gasteiger partial charge < -0.3 is 10.0 Å². The van der Waals surface area contributed by atoms with Gasteiger partial charge in [0.15, 0.2) is 0 Å². The van der Waals surface area contributed by atoms with Gasteiger partial charge in [-0.25, -0.2) is 0 Å². The van der Waals surface area contributed by atoms with Gasteiger partial charge in [-0.3, -0.25) is 9.78 Å². The highest BCUT2D eigenvalue weighted by atomic mass is 32.2. The van der Waals surface area contributed by atoms with Crippen LogP contribution in [0.3, 0.4) is 0 Å². The van der Waals surface area contributed by atoms with Gasteiger partial charge in [-0.1, -0.05) is 24.3 Å². The van der Waals surface area contributed by atoms with Gasteiger partial charge in [0.2, 0.25) is 0 Å². The summed E-state index contributed by atoms with van der Waals surface area (Å²) in [6.45, 7) is 3.36. The third-order valence-corrected chi connectivity index (χ3v) is 5.64. The lowest BCUT2D eigenvalue weighted by molar-refractivity contribution is -0.138. The summed E-state index contributed by atoms with van der Waals surface area (Å²) in [7, 11) is 1.92. The first kappa shape index (κ1) is 18.7. The second-order valence-corrected chi connectivity index (χ2v) is 8.27. The van der Waals surface area contributed by atoms with Crippen molar-refractivity contribution in [1.29, 1.82) is 5.26 Å². The van der Waals surface area contributed by atoms with Gasteiger partial charge in [-0.2, -0.15) is 5.26 Å². The van der Waals surface area contributed by atoms with E-state index in [1.54, 1.807) is 32.3 Å². The summed E-state index contributed by atoms with van der Waals surface area (Å²) in [6, 6.07) is 15.5. The van der Waals surface area contributed by atoms with Crippen LogP contribution in [0.15, 0.2) is 59.8 Å². The summed E-state index contributed by atoms with van der Waals surface area (Å²) in [6.07, 6.45) is 3.39. The maximum Gasteiger partial charge on any atom is 0.319 e. The Hall–Kier alpha value is -3.04. The van der Waals surface area contributed by atoms with Crippen LogP contribution in [0.4, 0.5) is 11.4 Å². The molecule has 0 aliphatic rings. The van der Waals surface area contributed by atoms with Gasteiger partial charge in [0.25, 0.3) is 0 Å². The van der Waals surface area contributed by atoms with E-state index in [-0.39, 0.29) is 0 Å². The number of nitriles is 1. The van der Waals surface area contributed by atoms with Crippen LogP contribution in [0.25, 0.3) is 10.8 Å². The lowest BCUT2D eigenvalue weighted by Gasteiger charge is -2.26. The molecule has 0 aliphatic heterocycles. The van der Waals surface area contributed by atoms with Gasteiger partial charge in [-0.15, -0.1) is 11.8 Å². The monoisotopic (exact) mass is 377 g/mol. The number of hydrogen-bond donors (Lipinski definition) is 1. The minimum absolute atomic E-state index is 0.621. The topological polar surface area (TPSA) is 77.2 Å². The Morgan fingerprint density at radius 2 is 1.85 bits per heavy atom. The van der Waals surface area contributed by atoms with Crippen LogP contribution in [0.5, 0.6) is 0 Å². The van der Waals surface area contributed by atoms with Crippen molar-refractivity contribution in [2.24, 2.45) is 0 Å². The summed E-state index contributed by atoms with van der Waals surface area (Å²) in [4.78, 5) is 18.6. The van der Waals surface area contributed by atoms with Crippen LogP contribution >= 0.6 is 11.8 Å². The molecule has 5 nitrogen and oxygen atoms in total. The van der Waals surface area contributed by atoms with Crippen molar-refractivity contribution in [2.75, 3.05) is 11.9 Å². The molecule has 6 heteroatoms. The fourth-order valence-electron chi connectivity index (χ4n) is 2.83. The van der Waals surface area contributed by atoms with Crippen LogP contribution < -0.4 is 4.90 Å². The van der Waals surface area contributed by atoms with Crippen molar-refractivity contribution >= 4 is 39.9 Å². The van der Waals surface area contributed by atoms with Crippen LogP contribution in [0, 0.1) is 11.3 Å². The molecule has 1 aromatic heterocycles. The number of rotatable bonds is 5. The summed E-state index contributed by atoms with van der Waals surface area (Å²) in [5.41, 5.74) is 2.36. The van der Waals surface area contributed by atoms with E-state index in [4.69, 9.17) is 0 Å². The first-order valence-corrected chi connectivity index (χ1v) is 9.19. The van der Waals surface area contributed by atoms with Crippen LogP contribution in [0.2, 0.25) is 0 Å². The fraction of sp³-hybridized carbons (Fsp3) is 0.190. The second kappa shape index (κ2) is 7.29. The average molecular weight is 377 g/mol. The Bertz CT molecular complexity index is 1060. The van der Waals surface area contributed by atoms with Crippen molar-refractivity contribution in [3.8, 4) is 6.07 Å². The van der Waals surface area contributed by atoms with Crippen molar-refractivity contribution in [3.05, 3.63) is 60.4 Å². The molecule has 1 heterocycles. The maximum atomic E-state index is 11.5. The Morgan fingerprint density at radius 3 is 2.52 bits per heavy atom. The number of thioether (sulfide) groups is 1. The molecule has 27 heavy (non-hydrogen) atoms. The quantitative estimate of drug-likeness (QED) is 0.642. The van der Waals surface area contributed by atoms with Crippen molar-refractivity contribution in [3.63, 3.8) is 0 Å². The van der Waals surface area contributed by atoms with Crippen molar-refractivity contribution < 1.29 is 9.90 Å². The molecule has 0 unspecified atom stereocenters. The van der Waals surface area contributed by atoms with Gasteiger partial charge in [-0.05, 0) is 32.0 Å². The first-order chi connectivity index (χ1) is 12.8. The van der Waals surface area contributed by atoms with E-state index in [1.807, 2.05) is 48.3 Å². The van der Waals surface area contributed by atoms with Crippen LogP contribution in [-0.2, 0) is 4.79 Å². The SMILES string of the molecule is CN(c1cnccc1SC(C)(C)C(=O)O)c1ccc(C#N)c2ccccc12. The molecular formula is C21H19N3O2S. The number of carboxylic acids is 1. The summed E-state index contributed by atoms with van der Waals surface area (Å²) in [5, 5.41) is 20.7. The minimum atomic E-state index is -0.969. The molecule has 0 saturated carbocycles. The third-order valence-electron chi connectivity index (χ3n) is 4.39. The fourth-order valence-corrected chi connectivity index (χ4v) is 3.89. The van der Waals surface area contributed by atoms with Gasteiger partial charge >= 0.3 is 5.97 Å². The Morgan fingerprint density at radius 1 is 1.15 bits per heavy atom. The molecular weight excluding hydrogens is 358 g/mol. The van der Waals surface area contributed by atoms with Crippen molar-refractivity contribution in [2.45, 2.75) is 23.5 Å². The van der Waals surface area contributed by atoms with Crippen LogP contribution in [-0.4, -0.2) is 27.9 Å². The Labute approximate surface area is 162 Å². The van der Waals surface area contributed by atoms with E-state index < -0.39 is 10.7 Å². The largest absolute Gasteiger partial charge is 0.480 e. The molecule has 3 rings (SSSR count). The number of pyridine rings is 1. The molecule has 0 atom stereocenters. The number of hydrogen-bond acceptors (Lipinski definition) is 5. The normalized spacial score (nSPS) is 11.2. The van der Waals surface area contributed by atoms with Crippen LogP contribution in [0.1, 0.15) is 19.4 Å². The molecule has 0 amide bonds. The number of fused-ring (bicyclic) bond motifs is 1. The number of carbonyl (C=O) groups is 1. The van der Waals surface area contributed by atoms with E-state index in [0.717, 1.165) is 27.0 Å². The first-order valence-electron chi connectivity index (χ1n) is 8.37. The number of carboxylic acid groups (broad SMARTS) is 1. The number of anilines is 2. The lowest BCUT2D eigenvalue weighted by Crippen LogP contribution is -2.27. The molecule has 0 spiro atoms. The van der Waals surface area contributed by atoms with E-state index in [2.05, 4.69) is 11.1 Å². The third kappa shape index (κ3) is 3.60. The summed E-state index contributed by atoms with van der Waals surface area (Å²) < 4.78 is -0.969. The molecule has 0 fully saturated rings. The molecule has 0 radical (unpaired) electrons.